The van der Waals surface area contributed by atoms with Gasteiger partial charge < -0.3 is 15.4 Å². The molecule has 96 valence electrons. The summed E-state index contributed by atoms with van der Waals surface area (Å²) in [6.07, 6.45) is 6.69. The first kappa shape index (κ1) is 13.9. The Bertz CT molecular complexity index is 165. The minimum Gasteiger partial charge on any atom is -0.377 e. The molecule has 0 aromatic rings. The van der Waals surface area contributed by atoms with Crippen molar-refractivity contribution < 1.29 is 4.74 Å². The Balaban J connectivity index is 2.11. The van der Waals surface area contributed by atoms with Crippen LogP contribution in [0.2, 0.25) is 0 Å². The van der Waals surface area contributed by atoms with Gasteiger partial charge >= 0.3 is 0 Å². The Morgan fingerprint density at radius 2 is 2.25 bits per heavy atom. The lowest BCUT2D eigenvalue weighted by Gasteiger charge is -2.28. The average molecular weight is 228 g/mol. The number of nitrogens with two attached hydrogens (primary N) is 1. The van der Waals surface area contributed by atoms with E-state index in [0.29, 0.717) is 12.0 Å². The molecule has 1 heterocycles. The molecule has 1 aliphatic heterocycles. The number of likely N-dealkylation sites (N-methyl/N-ethyl adjacent to an activating group) is 1. The summed E-state index contributed by atoms with van der Waals surface area (Å²) in [5.41, 5.74) is 5.71. The van der Waals surface area contributed by atoms with Crippen LogP contribution in [-0.2, 0) is 4.74 Å². The zero-order valence-electron chi connectivity index (χ0n) is 11.0. The highest BCUT2D eigenvalue weighted by Crippen LogP contribution is 2.14. The van der Waals surface area contributed by atoms with Crippen molar-refractivity contribution in [2.75, 3.05) is 33.3 Å². The van der Waals surface area contributed by atoms with Crippen LogP contribution in [0, 0.1) is 5.92 Å². The quantitative estimate of drug-likeness (QED) is 0.723. The van der Waals surface area contributed by atoms with E-state index in [1.54, 1.807) is 0 Å². The SMILES string of the molecule is CCC(CN)CCN(C)CC1CCCCO1. The highest BCUT2D eigenvalue weighted by Gasteiger charge is 2.16. The number of nitrogens with zero attached hydrogens (tertiary/aromatic N) is 1. The molecule has 0 radical (unpaired) electrons. The van der Waals surface area contributed by atoms with Crippen LogP contribution in [0.25, 0.3) is 0 Å². The second kappa shape index (κ2) is 8.04. The first-order chi connectivity index (χ1) is 7.76. The fourth-order valence-electron chi connectivity index (χ4n) is 2.28. The predicted octanol–water partition coefficient (Wildman–Crippen LogP) is 1.86. The van der Waals surface area contributed by atoms with Crippen molar-refractivity contribution in [2.45, 2.75) is 45.1 Å². The molecule has 16 heavy (non-hydrogen) atoms. The number of rotatable bonds is 7. The average Bonchev–Trinajstić information content (AvgIpc) is 2.31. The standard InChI is InChI=1S/C13H28N2O/c1-3-12(10-14)7-8-15(2)11-13-6-4-5-9-16-13/h12-13H,3-11,14H2,1-2H3. The second-order valence-corrected chi connectivity index (χ2v) is 5.05. The van der Waals surface area contributed by atoms with Crippen LogP contribution < -0.4 is 5.73 Å². The molecule has 3 nitrogen and oxygen atoms in total. The third-order valence-electron chi connectivity index (χ3n) is 3.62. The fraction of sp³-hybridized carbons (Fsp3) is 1.00. The first-order valence-electron chi connectivity index (χ1n) is 6.76. The summed E-state index contributed by atoms with van der Waals surface area (Å²) < 4.78 is 5.74. The van der Waals surface area contributed by atoms with Crippen LogP contribution in [0.5, 0.6) is 0 Å². The summed E-state index contributed by atoms with van der Waals surface area (Å²) in [4.78, 5) is 2.40. The highest BCUT2D eigenvalue weighted by atomic mass is 16.5. The van der Waals surface area contributed by atoms with Crippen LogP contribution in [0.3, 0.4) is 0 Å². The third-order valence-corrected chi connectivity index (χ3v) is 3.62. The summed E-state index contributed by atoms with van der Waals surface area (Å²) in [6.45, 7) is 6.24. The van der Waals surface area contributed by atoms with Crippen molar-refractivity contribution in [2.24, 2.45) is 11.7 Å². The van der Waals surface area contributed by atoms with Crippen LogP contribution >= 0.6 is 0 Å². The van der Waals surface area contributed by atoms with Crippen molar-refractivity contribution >= 4 is 0 Å². The highest BCUT2D eigenvalue weighted by molar-refractivity contribution is 4.68. The topological polar surface area (TPSA) is 38.5 Å². The zero-order chi connectivity index (χ0) is 11.8. The van der Waals surface area contributed by atoms with Gasteiger partial charge in [-0.2, -0.15) is 0 Å². The molecule has 1 fully saturated rings. The summed E-state index contributed by atoms with van der Waals surface area (Å²) in [5.74, 6) is 0.690. The first-order valence-corrected chi connectivity index (χ1v) is 6.76. The van der Waals surface area contributed by atoms with Crippen LogP contribution in [0.4, 0.5) is 0 Å². The van der Waals surface area contributed by atoms with Crippen molar-refractivity contribution in [3.8, 4) is 0 Å². The number of hydrogen-bond acceptors (Lipinski definition) is 3. The summed E-state index contributed by atoms with van der Waals surface area (Å²) in [7, 11) is 2.20. The van der Waals surface area contributed by atoms with E-state index in [1.165, 1.54) is 32.1 Å². The van der Waals surface area contributed by atoms with Gasteiger partial charge in [0.25, 0.3) is 0 Å². The molecular formula is C13H28N2O. The molecule has 1 rings (SSSR count). The van der Waals surface area contributed by atoms with Gasteiger partial charge in [0.15, 0.2) is 0 Å². The molecule has 0 saturated carbocycles. The van der Waals surface area contributed by atoms with Gasteiger partial charge in [0, 0.05) is 13.2 Å². The zero-order valence-corrected chi connectivity index (χ0v) is 11.0. The lowest BCUT2D eigenvalue weighted by molar-refractivity contribution is -0.00205. The molecule has 2 unspecified atom stereocenters. The molecule has 1 aliphatic rings. The van der Waals surface area contributed by atoms with Crippen LogP contribution in [0.1, 0.15) is 39.0 Å². The molecule has 0 aliphatic carbocycles. The number of ether oxygens (including phenoxy) is 1. The fourth-order valence-corrected chi connectivity index (χ4v) is 2.28. The van der Waals surface area contributed by atoms with Crippen molar-refractivity contribution in [1.82, 2.24) is 4.90 Å². The molecule has 2 atom stereocenters. The van der Waals surface area contributed by atoms with Gasteiger partial charge in [0.2, 0.25) is 0 Å². The van der Waals surface area contributed by atoms with Gasteiger partial charge in [0.1, 0.15) is 0 Å². The van der Waals surface area contributed by atoms with Crippen molar-refractivity contribution in [3.63, 3.8) is 0 Å². The van der Waals surface area contributed by atoms with E-state index in [2.05, 4.69) is 18.9 Å². The summed E-state index contributed by atoms with van der Waals surface area (Å²) >= 11 is 0. The van der Waals surface area contributed by atoms with Gasteiger partial charge in [0.05, 0.1) is 6.10 Å². The Morgan fingerprint density at radius 3 is 2.81 bits per heavy atom. The van der Waals surface area contributed by atoms with Crippen molar-refractivity contribution in [1.29, 1.82) is 0 Å². The molecule has 0 spiro atoms. The van der Waals surface area contributed by atoms with Gasteiger partial charge in [-0.25, -0.2) is 0 Å². The number of hydrogen-bond donors (Lipinski definition) is 1. The Kier molecular flexibility index (Phi) is 7.01. The van der Waals surface area contributed by atoms with Gasteiger partial charge in [-0.15, -0.1) is 0 Å². The van der Waals surface area contributed by atoms with E-state index in [4.69, 9.17) is 10.5 Å². The molecule has 0 amide bonds. The smallest absolute Gasteiger partial charge is 0.0701 e. The summed E-state index contributed by atoms with van der Waals surface area (Å²) in [5, 5.41) is 0. The predicted molar refractivity (Wildman–Crippen MR) is 68.5 cm³/mol. The molecule has 2 N–H and O–H groups in total. The van der Waals surface area contributed by atoms with Crippen LogP contribution in [0.15, 0.2) is 0 Å². The molecule has 0 aromatic carbocycles. The largest absolute Gasteiger partial charge is 0.377 e. The minimum atomic E-state index is 0.469. The Labute approximate surface area is 100 Å². The monoisotopic (exact) mass is 228 g/mol. The van der Waals surface area contributed by atoms with E-state index in [0.717, 1.165) is 26.2 Å². The lowest BCUT2D eigenvalue weighted by Crippen LogP contribution is -2.34. The van der Waals surface area contributed by atoms with Crippen molar-refractivity contribution in [3.05, 3.63) is 0 Å². The Morgan fingerprint density at radius 1 is 1.44 bits per heavy atom. The molecule has 0 bridgehead atoms. The van der Waals surface area contributed by atoms with E-state index >= 15 is 0 Å². The maximum atomic E-state index is 5.74. The Hall–Kier alpha value is -0.120. The van der Waals surface area contributed by atoms with Gasteiger partial charge in [-0.1, -0.05) is 13.3 Å². The normalized spacial score (nSPS) is 23.6. The molecule has 1 saturated heterocycles. The van der Waals surface area contributed by atoms with E-state index in [1.807, 2.05) is 0 Å². The van der Waals surface area contributed by atoms with Gasteiger partial charge in [-0.05, 0) is 51.7 Å². The van der Waals surface area contributed by atoms with Crippen LogP contribution in [-0.4, -0.2) is 44.3 Å². The maximum Gasteiger partial charge on any atom is 0.0701 e. The van der Waals surface area contributed by atoms with E-state index < -0.39 is 0 Å². The third kappa shape index (κ3) is 5.28. The van der Waals surface area contributed by atoms with Gasteiger partial charge in [-0.3, -0.25) is 0 Å². The molecule has 0 aromatic heterocycles. The maximum absolute atomic E-state index is 5.74. The van der Waals surface area contributed by atoms with E-state index in [9.17, 15) is 0 Å². The molecular weight excluding hydrogens is 200 g/mol. The molecule has 3 heteroatoms. The minimum absolute atomic E-state index is 0.469. The van der Waals surface area contributed by atoms with E-state index in [-0.39, 0.29) is 0 Å². The lowest BCUT2D eigenvalue weighted by atomic mass is 10.0. The second-order valence-electron chi connectivity index (χ2n) is 5.05. The summed E-state index contributed by atoms with van der Waals surface area (Å²) in [6, 6.07) is 0.